The van der Waals surface area contributed by atoms with Gasteiger partial charge in [0.15, 0.2) is 0 Å². The molecule has 0 saturated carbocycles. The van der Waals surface area contributed by atoms with Crippen molar-refractivity contribution in [1.29, 1.82) is 0 Å². The SMILES string of the molecule is CCOC(=O)NC(=O)CSc1ccc(C)c(C(=O)O)c1. The molecule has 1 aromatic carbocycles. The first kappa shape index (κ1) is 16.0. The van der Waals surface area contributed by atoms with E-state index in [2.05, 4.69) is 10.1 Å². The van der Waals surface area contributed by atoms with Crippen LogP contribution in [0, 0.1) is 6.92 Å². The summed E-state index contributed by atoms with van der Waals surface area (Å²) >= 11 is 1.15. The number of rotatable bonds is 5. The molecule has 0 radical (unpaired) electrons. The Kier molecular flexibility index (Phi) is 6.05. The summed E-state index contributed by atoms with van der Waals surface area (Å²) in [4.78, 5) is 34.1. The Morgan fingerprint density at radius 2 is 2.05 bits per heavy atom. The van der Waals surface area contributed by atoms with Gasteiger partial charge in [0.05, 0.1) is 17.9 Å². The highest BCUT2D eigenvalue weighted by Crippen LogP contribution is 2.21. The highest BCUT2D eigenvalue weighted by atomic mass is 32.2. The number of carbonyl (C=O) groups is 3. The minimum absolute atomic E-state index is 0.000927. The maximum Gasteiger partial charge on any atom is 0.413 e. The fourth-order valence-electron chi connectivity index (χ4n) is 1.39. The molecule has 0 aliphatic rings. The van der Waals surface area contributed by atoms with E-state index in [0.717, 1.165) is 11.8 Å². The van der Waals surface area contributed by atoms with E-state index in [1.54, 1.807) is 26.0 Å². The third-order valence-corrected chi connectivity index (χ3v) is 3.32. The van der Waals surface area contributed by atoms with E-state index >= 15 is 0 Å². The van der Waals surface area contributed by atoms with Gasteiger partial charge in [-0.15, -0.1) is 11.8 Å². The Balaban J connectivity index is 2.58. The molecule has 2 amide bonds. The second kappa shape index (κ2) is 7.54. The van der Waals surface area contributed by atoms with E-state index in [9.17, 15) is 14.4 Å². The van der Waals surface area contributed by atoms with Crippen LogP contribution >= 0.6 is 11.8 Å². The summed E-state index contributed by atoms with van der Waals surface area (Å²) in [6.45, 7) is 3.52. The first-order chi connectivity index (χ1) is 9.43. The van der Waals surface area contributed by atoms with Gasteiger partial charge in [0.2, 0.25) is 5.91 Å². The van der Waals surface area contributed by atoms with Crippen molar-refractivity contribution in [2.45, 2.75) is 18.7 Å². The van der Waals surface area contributed by atoms with Crippen LogP contribution in [0.4, 0.5) is 4.79 Å². The van der Waals surface area contributed by atoms with Crippen molar-refractivity contribution in [3.8, 4) is 0 Å². The van der Waals surface area contributed by atoms with E-state index in [-0.39, 0.29) is 17.9 Å². The minimum atomic E-state index is -1.01. The van der Waals surface area contributed by atoms with Gasteiger partial charge in [-0.05, 0) is 31.5 Å². The molecular weight excluding hydrogens is 282 g/mol. The monoisotopic (exact) mass is 297 g/mol. The van der Waals surface area contributed by atoms with Crippen LogP contribution in [0.2, 0.25) is 0 Å². The molecule has 7 heteroatoms. The number of thioether (sulfide) groups is 1. The number of hydrogen-bond acceptors (Lipinski definition) is 5. The average Bonchev–Trinajstić information content (AvgIpc) is 2.37. The van der Waals surface area contributed by atoms with Gasteiger partial charge in [-0.2, -0.15) is 0 Å². The number of nitrogens with one attached hydrogen (secondary N) is 1. The number of benzene rings is 1. The van der Waals surface area contributed by atoms with E-state index in [4.69, 9.17) is 5.11 Å². The van der Waals surface area contributed by atoms with E-state index in [0.29, 0.717) is 10.5 Å². The molecule has 0 bridgehead atoms. The van der Waals surface area contributed by atoms with Gasteiger partial charge in [-0.1, -0.05) is 6.07 Å². The number of hydrogen-bond donors (Lipinski definition) is 2. The fourth-order valence-corrected chi connectivity index (χ4v) is 2.12. The first-order valence-corrected chi connectivity index (χ1v) is 6.86. The summed E-state index contributed by atoms with van der Waals surface area (Å²) in [6.07, 6.45) is -0.784. The quantitative estimate of drug-likeness (QED) is 0.808. The Bertz CT molecular complexity index is 529. The standard InChI is InChI=1S/C13H15NO5S/c1-3-19-13(18)14-11(15)7-20-9-5-4-8(2)10(6-9)12(16)17/h4-6H,3,7H2,1-2H3,(H,16,17)(H,14,15,18). The van der Waals surface area contributed by atoms with Gasteiger partial charge in [-0.25, -0.2) is 9.59 Å². The van der Waals surface area contributed by atoms with Crippen LogP contribution in [-0.2, 0) is 9.53 Å². The molecule has 0 spiro atoms. The van der Waals surface area contributed by atoms with E-state index in [1.807, 2.05) is 0 Å². The Hall–Kier alpha value is -2.02. The van der Waals surface area contributed by atoms with Crippen LogP contribution in [-0.4, -0.2) is 35.4 Å². The lowest BCUT2D eigenvalue weighted by Gasteiger charge is -2.06. The van der Waals surface area contributed by atoms with Gasteiger partial charge in [-0.3, -0.25) is 10.1 Å². The molecule has 0 saturated heterocycles. The summed E-state index contributed by atoms with van der Waals surface area (Å²) < 4.78 is 4.57. The van der Waals surface area contributed by atoms with Crippen molar-refractivity contribution in [3.63, 3.8) is 0 Å². The number of alkyl carbamates (subject to hydrolysis) is 1. The topological polar surface area (TPSA) is 92.7 Å². The van der Waals surface area contributed by atoms with Crippen molar-refractivity contribution in [1.82, 2.24) is 5.32 Å². The lowest BCUT2D eigenvalue weighted by Crippen LogP contribution is -2.32. The van der Waals surface area contributed by atoms with Crippen molar-refractivity contribution < 1.29 is 24.2 Å². The second-order valence-corrected chi connectivity index (χ2v) is 4.89. The smallest absolute Gasteiger partial charge is 0.413 e. The van der Waals surface area contributed by atoms with Crippen LogP contribution in [0.25, 0.3) is 0 Å². The zero-order chi connectivity index (χ0) is 15.1. The predicted octanol–water partition coefficient (Wildman–Crippen LogP) is 2.06. The maximum atomic E-state index is 11.4. The molecule has 6 nitrogen and oxygen atoms in total. The fraction of sp³-hybridized carbons (Fsp3) is 0.308. The molecule has 0 aliphatic heterocycles. The summed E-state index contributed by atoms with van der Waals surface area (Å²) in [5.41, 5.74) is 0.846. The third kappa shape index (κ3) is 4.93. The molecule has 0 fully saturated rings. The minimum Gasteiger partial charge on any atom is -0.478 e. The molecule has 0 aliphatic carbocycles. The summed E-state index contributed by atoms with van der Waals surface area (Å²) in [7, 11) is 0. The number of aromatic carboxylic acids is 1. The molecule has 0 heterocycles. The molecular formula is C13H15NO5S. The van der Waals surface area contributed by atoms with Crippen LogP contribution in [0.5, 0.6) is 0 Å². The van der Waals surface area contributed by atoms with E-state index in [1.165, 1.54) is 6.07 Å². The maximum absolute atomic E-state index is 11.4. The Morgan fingerprint density at radius 1 is 1.35 bits per heavy atom. The van der Waals surface area contributed by atoms with Crippen molar-refractivity contribution >= 4 is 29.7 Å². The zero-order valence-electron chi connectivity index (χ0n) is 11.1. The number of aryl methyl sites for hydroxylation is 1. The van der Waals surface area contributed by atoms with Crippen LogP contribution < -0.4 is 5.32 Å². The van der Waals surface area contributed by atoms with Gasteiger partial charge < -0.3 is 9.84 Å². The summed E-state index contributed by atoms with van der Waals surface area (Å²) in [5.74, 6) is -1.51. The van der Waals surface area contributed by atoms with Crippen molar-refractivity contribution in [3.05, 3.63) is 29.3 Å². The van der Waals surface area contributed by atoms with Crippen molar-refractivity contribution in [2.75, 3.05) is 12.4 Å². The predicted molar refractivity (Wildman–Crippen MR) is 74.0 cm³/mol. The molecule has 2 N–H and O–H groups in total. The Morgan fingerprint density at radius 3 is 2.65 bits per heavy atom. The molecule has 1 rings (SSSR count). The van der Waals surface area contributed by atoms with E-state index < -0.39 is 18.0 Å². The largest absolute Gasteiger partial charge is 0.478 e. The molecule has 1 aromatic rings. The average molecular weight is 297 g/mol. The highest BCUT2D eigenvalue weighted by molar-refractivity contribution is 8.00. The molecule has 0 atom stereocenters. The van der Waals surface area contributed by atoms with Gasteiger partial charge in [0.25, 0.3) is 0 Å². The third-order valence-electron chi connectivity index (χ3n) is 2.33. The number of imide groups is 1. The summed E-state index contributed by atoms with van der Waals surface area (Å²) in [6, 6.07) is 4.90. The molecule has 0 unspecified atom stereocenters. The van der Waals surface area contributed by atoms with Crippen LogP contribution in [0.1, 0.15) is 22.8 Å². The second-order valence-electron chi connectivity index (χ2n) is 3.84. The number of carboxylic acid groups (broad SMARTS) is 1. The van der Waals surface area contributed by atoms with Crippen LogP contribution in [0.15, 0.2) is 23.1 Å². The number of amides is 2. The Labute approximate surface area is 120 Å². The van der Waals surface area contributed by atoms with Gasteiger partial charge in [0, 0.05) is 4.90 Å². The van der Waals surface area contributed by atoms with Crippen LogP contribution in [0.3, 0.4) is 0 Å². The van der Waals surface area contributed by atoms with Gasteiger partial charge in [0.1, 0.15) is 0 Å². The molecule has 20 heavy (non-hydrogen) atoms. The number of ether oxygens (including phenoxy) is 1. The zero-order valence-corrected chi connectivity index (χ0v) is 12.0. The normalized spacial score (nSPS) is 9.90. The first-order valence-electron chi connectivity index (χ1n) is 5.87. The number of carboxylic acids is 1. The summed E-state index contributed by atoms with van der Waals surface area (Å²) in [5, 5.41) is 11.1. The number of carbonyl (C=O) groups excluding carboxylic acids is 2. The molecule has 0 aromatic heterocycles. The van der Waals surface area contributed by atoms with Gasteiger partial charge >= 0.3 is 12.1 Å². The lowest BCUT2D eigenvalue weighted by atomic mass is 10.1. The highest BCUT2D eigenvalue weighted by Gasteiger charge is 2.11. The lowest BCUT2D eigenvalue weighted by molar-refractivity contribution is -0.117. The van der Waals surface area contributed by atoms with Crippen molar-refractivity contribution in [2.24, 2.45) is 0 Å². The molecule has 108 valence electrons.